The van der Waals surface area contributed by atoms with E-state index in [4.69, 9.17) is 27.9 Å². The van der Waals surface area contributed by atoms with Gasteiger partial charge in [-0.2, -0.15) is 0 Å². The molecule has 0 amide bonds. The van der Waals surface area contributed by atoms with Crippen LogP contribution in [0.5, 0.6) is 5.75 Å². The topological polar surface area (TPSA) is 14.2 Å². The Morgan fingerprint density at radius 3 is 2.48 bits per heavy atom. The first-order chi connectivity index (χ1) is 10.2. The maximum absolute atomic E-state index is 6.37. The van der Waals surface area contributed by atoms with Crippen LogP contribution in [0.4, 0.5) is 0 Å². The van der Waals surface area contributed by atoms with Crippen LogP contribution in [0.25, 0.3) is 10.9 Å². The van der Waals surface area contributed by atoms with Crippen molar-refractivity contribution in [2.75, 3.05) is 6.61 Å². The molecule has 0 saturated carbocycles. The third-order valence-corrected chi connectivity index (χ3v) is 3.95. The Morgan fingerprint density at radius 2 is 1.76 bits per heavy atom. The van der Waals surface area contributed by atoms with Gasteiger partial charge in [-0.1, -0.05) is 35.3 Å². The Morgan fingerprint density at radius 1 is 1.00 bits per heavy atom. The Bertz CT molecular complexity index is 762. The van der Waals surface area contributed by atoms with Crippen LogP contribution in [0.15, 0.2) is 48.5 Å². The lowest BCUT2D eigenvalue weighted by Crippen LogP contribution is -1.99. The number of fused-ring (bicyclic) bond motifs is 1. The summed E-state index contributed by atoms with van der Waals surface area (Å²) < 4.78 is 7.61. The van der Waals surface area contributed by atoms with Gasteiger partial charge in [0.1, 0.15) is 10.9 Å². The molecule has 0 aliphatic carbocycles. The molecule has 0 aliphatic rings. The highest BCUT2D eigenvalue weighted by molar-refractivity contribution is 6.31. The Kier molecular flexibility index (Phi) is 4.09. The number of hydrogen-bond donors (Lipinski definition) is 0. The van der Waals surface area contributed by atoms with Gasteiger partial charge in [0.15, 0.2) is 0 Å². The van der Waals surface area contributed by atoms with E-state index in [1.165, 1.54) is 0 Å². The molecule has 2 aromatic carbocycles. The molecular formula is C17H15Cl2NO. The Labute approximate surface area is 133 Å². The van der Waals surface area contributed by atoms with Crippen LogP contribution >= 0.6 is 23.2 Å². The number of rotatable bonds is 4. The molecule has 0 aliphatic heterocycles. The molecule has 2 nitrogen and oxygen atoms in total. The predicted molar refractivity (Wildman–Crippen MR) is 88.7 cm³/mol. The van der Waals surface area contributed by atoms with Crippen molar-refractivity contribution in [2.24, 2.45) is 0 Å². The number of halogens is 2. The van der Waals surface area contributed by atoms with E-state index in [1.54, 1.807) is 0 Å². The molecule has 1 heterocycles. The van der Waals surface area contributed by atoms with E-state index in [2.05, 4.69) is 4.57 Å². The van der Waals surface area contributed by atoms with Crippen LogP contribution in [0, 0.1) is 0 Å². The fourth-order valence-corrected chi connectivity index (χ4v) is 2.80. The summed E-state index contributed by atoms with van der Waals surface area (Å²) in [6, 6.07) is 15.8. The first kappa shape index (κ1) is 14.3. The SMILES string of the molecule is CCOc1ccc2c(c1)cc(Cl)n2Cc1ccc(Cl)cc1. The summed E-state index contributed by atoms with van der Waals surface area (Å²) in [7, 11) is 0. The lowest BCUT2D eigenvalue weighted by molar-refractivity contribution is 0.340. The van der Waals surface area contributed by atoms with Gasteiger partial charge < -0.3 is 9.30 Å². The molecule has 3 rings (SSSR count). The first-order valence-electron chi connectivity index (χ1n) is 6.83. The van der Waals surface area contributed by atoms with Crippen molar-refractivity contribution in [1.82, 2.24) is 4.57 Å². The van der Waals surface area contributed by atoms with E-state index in [-0.39, 0.29) is 0 Å². The van der Waals surface area contributed by atoms with Crippen LogP contribution in [-0.4, -0.2) is 11.2 Å². The quantitative estimate of drug-likeness (QED) is 0.628. The van der Waals surface area contributed by atoms with Gasteiger partial charge in [-0.3, -0.25) is 0 Å². The van der Waals surface area contributed by atoms with E-state index in [0.29, 0.717) is 18.3 Å². The maximum Gasteiger partial charge on any atom is 0.120 e. The summed E-state index contributed by atoms with van der Waals surface area (Å²) in [5.74, 6) is 0.866. The smallest absolute Gasteiger partial charge is 0.120 e. The van der Waals surface area contributed by atoms with Gasteiger partial charge in [0.2, 0.25) is 0 Å². The molecule has 0 N–H and O–H groups in total. The van der Waals surface area contributed by atoms with Crippen LogP contribution in [0.1, 0.15) is 12.5 Å². The Hall–Kier alpha value is -1.64. The minimum atomic E-state index is 0.657. The van der Waals surface area contributed by atoms with Gasteiger partial charge >= 0.3 is 0 Å². The predicted octanol–water partition coefficient (Wildman–Crippen LogP) is 5.40. The number of hydrogen-bond acceptors (Lipinski definition) is 1. The summed E-state index contributed by atoms with van der Waals surface area (Å²) in [4.78, 5) is 0. The molecule has 3 aromatic rings. The van der Waals surface area contributed by atoms with Crippen LogP contribution < -0.4 is 4.74 Å². The summed E-state index contributed by atoms with van der Waals surface area (Å²) in [6.45, 7) is 3.35. The lowest BCUT2D eigenvalue weighted by Gasteiger charge is -2.08. The number of aromatic nitrogens is 1. The van der Waals surface area contributed by atoms with Gasteiger partial charge in [0.05, 0.1) is 6.61 Å². The Balaban J connectivity index is 1.98. The van der Waals surface area contributed by atoms with Crippen molar-refractivity contribution in [3.63, 3.8) is 0 Å². The fourth-order valence-electron chi connectivity index (χ4n) is 2.40. The third kappa shape index (κ3) is 3.02. The van der Waals surface area contributed by atoms with Gasteiger partial charge in [-0.05, 0) is 48.9 Å². The molecule has 0 spiro atoms. The molecule has 108 valence electrons. The monoisotopic (exact) mass is 319 g/mol. The average molecular weight is 320 g/mol. The average Bonchev–Trinajstić information content (AvgIpc) is 2.77. The van der Waals surface area contributed by atoms with E-state index in [9.17, 15) is 0 Å². The highest BCUT2D eigenvalue weighted by atomic mass is 35.5. The highest BCUT2D eigenvalue weighted by Crippen LogP contribution is 2.28. The summed E-state index contributed by atoms with van der Waals surface area (Å²) in [5, 5.41) is 2.54. The maximum atomic E-state index is 6.37. The second kappa shape index (κ2) is 6.00. The zero-order valence-electron chi connectivity index (χ0n) is 11.6. The second-order valence-corrected chi connectivity index (χ2v) is 5.66. The van der Waals surface area contributed by atoms with Crippen LogP contribution in [-0.2, 0) is 6.54 Å². The third-order valence-electron chi connectivity index (χ3n) is 3.39. The summed E-state index contributed by atoms with van der Waals surface area (Å²) in [6.07, 6.45) is 0. The minimum absolute atomic E-state index is 0.657. The van der Waals surface area contributed by atoms with E-state index >= 15 is 0 Å². The molecule has 21 heavy (non-hydrogen) atoms. The van der Waals surface area contributed by atoms with Crippen molar-refractivity contribution in [3.8, 4) is 5.75 Å². The van der Waals surface area contributed by atoms with Crippen molar-refractivity contribution in [3.05, 3.63) is 64.3 Å². The summed E-state index contributed by atoms with van der Waals surface area (Å²) in [5.41, 5.74) is 2.26. The molecule has 1 aromatic heterocycles. The minimum Gasteiger partial charge on any atom is -0.494 e. The van der Waals surface area contributed by atoms with Crippen molar-refractivity contribution >= 4 is 34.1 Å². The van der Waals surface area contributed by atoms with Crippen LogP contribution in [0.3, 0.4) is 0 Å². The van der Waals surface area contributed by atoms with Crippen LogP contribution in [0.2, 0.25) is 10.2 Å². The molecule has 0 saturated heterocycles. The van der Waals surface area contributed by atoms with E-state index in [1.807, 2.05) is 55.5 Å². The zero-order chi connectivity index (χ0) is 14.8. The second-order valence-electron chi connectivity index (χ2n) is 4.83. The largest absolute Gasteiger partial charge is 0.494 e. The van der Waals surface area contributed by atoms with Crippen molar-refractivity contribution in [2.45, 2.75) is 13.5 Å². The van der Waals surface area contributed by atoms with Crippen molar-refractivity contribution in [1.29, 1.82) is 0 Å². The number of nitrogens with zero attached hydrogens (tertiary/aromatic N) is 1. The molecule has 0 bridgehead atoms. The van der Waals surface area contributed by atoms with Gasteiger partial charge in [-0.25, -0.2) is 0 Å². The number of ether oxygens (including phenoxy) is 1. The molecule has 0 radical (unpaired) electrons. The molecule has 4 heteroatoms. The lowest BCUT2D eigenvalue weighted by atomic mass is 10.2. The van der Waals surface area contributed by atoms with E-state index in [0.717, 1.165) is 27.2 Å². The highest BCUT2D eigenvalue weighted by Gasteiger charge is 2.08. The van der Waals surface area contributed by atoms with Gasteiger partial charge in [0, 0.05) is 22.5 Å². The standard InChI is InChI=1S/C17H15Cl2NO/c1-2-21-15-7-8-16-13(9-15)10-17(19)20(16)11-12-3-5-14(18)6-4-12/h3-10H,2,11H2,1H3. The first-order valence-corrected chi connectivity index (χ1v) is 7.59. The van der Waals surface area contributed by atoms with Crippen molar-refractivity contribution < 1.29 is 4.74 Å². The van der Waals surface area contributed by atoms with E-state index < -0.39 is 0 Å². The zero-order valence-corrected chi connectivity index (χ0v) is 13.2. The van der Waals surface area contributed by atoms with Gasteiger partial charge in [-0.15, -0.1) is 0 Å². The molecular weight excluding hydrogens is 305 g/mol. The normalized spacial score (nSPS) is 11.0. The molecule has 0 unspecified atom stereocenters. The molecule has 0 fully saturated rings. The molecule has 0 atom stereocenters. The summed E-state index contributed by atoms with van der Waals surface area (Å²) >= 11 is 12.3. The number of benzene rings is 2. The van der Waals surface area contributed by atoms with Gasteiger partial charge in [0.25, 0.3) is 0 Å². The fraction of sp³-hybridized carbons (Fsp3) is 0.176.